The zero-order valence-electron chi connectivity index (χ0n) is 8.76. The van der Waals surface area contributed by atoms with Crippen LogP contribution in [0.3, 0.4) is 0 Å². The molecule has 0 aliphatic heterocycles. The molecule has 0 spiro atoms. The fraction of sp³-hybridized carbons (Fsp3) is 0.0833. The van der Waals surface area contributed by atoms with Crippen molar-refractivity contribution in [1.82, 2.24) is 0 Å². The number of ketones is 1. The van der Waals surface area contributed by atoms with E-state index in [1.54, 1.807) is 0 Å². The number of hydrogen-bond donors (Lipinski definition) is 0. The molecule has 0 aliphatic rings. The van der Waals surface area contributed by atoms with Crippen molar-refractivity contribution >= 4 is 5.78 Å². The Morgan fingerprint density at radius 2 is 1.71 bits per heavy atom. The third-order valence-corrected chi connectivity index (χ3v) is 2.22. The molecule has 0 aliphatic carbocycles. The molecule has 1 aromatic carbocycles. The van der Waals surface area contributed by atoms with Crippen molar-refractivity contribution in [2.45, 2.75) is 6.92 Å². The monoisotopic (exact) mass is 240 g/mol. The summed E-state index contributed by atoms with van der Waals surface area (Å²) in [4.78, 5) is 11.0. The second-order valence-electron chi connectivity index (χ2n) is 3.47. The Bertz CT molecular complexity index is 564. The zero-order valence-corrected chi connectivity index (χ0v) is 8.76. The van der Waals surface area contributed by atoms with Crippen LogP contribution in [0.25, 0.3) is 11.3 Å². The summed E-state index contributed by atoms with van der Waals surface area (Å²) in [6.45, 7) is 1.30. The van der Waals surface area contributed by atoms with E-state index >= 15 is 0 Å². The summed E-state index contributed by atoms with van der Waals surface area (Å²) in [5.74, 6) is -4.27. The molecule has 2 aromatic rings. The van der Waals surface area contributed by atoms with E-state index in [1.807, 2.05) is 0 Å². The minimum atomic E-state index is -1.54. The summed E-state index contributed by atoms with van der Waals surface area (Å²) in [6, 6.07) is 4.39. The number of hydrogen-bond acceptors (Lipinski definition) is 2. The zero-order chi connectivity index (χ0) is 12.6. The Kier molecular flexibility index (Phi) is 2.75. The second-order valence-corrected chi connectivity index (χ2v) is 3.47. The van der Waals surface area contributed by atoms with E-state index in [1.165, 1.54) is 19.1 Å². The minimum absolute atomic E-state index is 0.0360. The smallest absolute Gasteiger partial charge is 0.194 e. The number of benzene rings is 1. The van der Waals surface area contributed by atoms with Crippen molar-refractivity contribution in [3.05, 3.63) is 47.5 Å². The Hall–Kier alpha value is -2.04. The van der Waals surface area contributed by atoms with Gasteiger partial charge in [-0.2, -0.15) is 0 Å². The Labute approximate surface area is 94.7 Å². The Balaban J connectivity index is 2.49. The van der Waals surface area contributed by atoms with Crippen LogP contribution in [0, 0.1) is 17.5 Å². The fourth-order valence-electron chi connectivity index (χ4n) is 1.38. The number of Topliss-reactive ketones (excluding diaryl/α,β-unsaturated/α-hetero) is 1. The van der Waals surface area contributed by atoms with Crippen molar-refractivity contribution in [1.29, 1.82) is 0 Å². The van der Waals surface area contributed by atoms with Crippen molar-refractivity contribution in [2.24, 2.45) is 0 Å². The first-order valence-corrected chi connectivity index (χ1v) is 4.74. The van der Waals surface area contributed by atoms with Crippen LogP contribution < -0.4 is 0 Å². The molecule has 0 N–H and O–H groups in total. The van der Waals surface area contributed by atoms with Gasteiger partial charge in [0.1, 0.15) is 5.76 Å². The average molecular weight is 240 g/mol. The normalized spacial score (nSPS) is 10.6. The maximum Gasteiger partial charge on any atom is 0.194 e. The third kappa shape index (κ3) is 2.08. The third-order valence-electron chi connectivity index (χ3n) is 2.22. The van der Waals surface area contributed by atoms with Gasteiger partial charge in [0.15, 0.2) is 29.0 Å². The highest BCUT2D eigenvalue weighted by Crippen LogP contribution is 2.25. The van der Waals surface area contributed by atoms with Gasteiger partial charge < -0.3 is 4.42 Å². The van der Waals surface area contributed by atoms with Crippen LogP contribution in [-0.4, -0.2) is 5.78 Å². The summed E-state index contributed by atoms with van der Waals surface area (Å²) < 4.78 is 43.7. The van der Waals surface area contributed by atoms with E-state index in [0.717, 1.165) is 12.1 Å². The van der Waals surface area contributed by atoms with Crippen molar-refractivity contribution in [2.75, 3.05) is 0 Å². The second kappa shape index (κ2) is 4.08. The van der Waals surface area contributed by atoms with Gasteiger partial charge in [0.25, 0.3) is 0 Å². The van der Waals surface area contributed by atoms with Gasteiger partial charge in [-0.1, -0.05) is 0 Å². The molecule has 0 unspecified atom stereocenters. The molecule has 0 saturated heterocycles. The summed E-state index contributed by atoms with van der Waals surface area (Å²) >= 11 is 0. The number of rotatable bonds is 2. The number of carbonyl (C=O) groups is 1. The molecule has 1 heterocycles. The van der Waals surface area contributed by atoms with Gasteiger partial charge >= 0.3 is 0 Å². The van der Waals surface area contributed by atoms with Gasteiger partial charge in [-0.15, -0.1) is 0 Å². The topological polar surface area (TPSA) is 30.2 Å². The predicted molar refractivity (Wildman–Crippen MR) is 54.0 cm³/mol. The highest BCUT2D eigenvalue weighted by molar-refractivity contribution is 5.91. The molecular weight excluding hydrogens is 233 g/mol. The summed E-state index contributed by atoms with van der Waals surface area (Å²) in [6.07, 6.45) is 0. The molecular formula is C12H7F3O2. The summed E-state index contributed by atoms with van der Waals surface area (Å²) in [7, 11) is 0. The van der Waals surface area contributed by atoms with Gasteiger partial charge in [0.05, 0.1) is 0 Å². The molecule has 0 atom stereocenters. The molecule has 0 bridgehead atoms. The SMILES string of the molecule is CC(=O)c1ccc(-c2cc(F)c(F)c(F)c2)o1. The van der Waals surface area contributed by atoms with Crippen LogP contribution in [0.2, 0.25) is 0 Å². The number of halogens is 3. The Morgan fingerprint density at radius 1 is 1.12 bits per heavy atom. The standard InChI is InChI=1S/C12H7F3O2/c1-6(16)10-2-3-11(17-10)7-4-8(13)12(15)9(14)5-7/h2-5H,1H3. The molecule has 88 valence electrons. The largest absolute Gasteiger partial charge is 0.453 e. The lowest BCUT2D eigenvalue weighted by Crippen LogP contribution is -1.91. The van der Waals surface area contributed by atoms with Gasteiger partial charge in [-0.25, -0.2) is 13.2 Å². The van der Waals surface area contributed by atoms with E-state index in [0.29, 0.717) is 0 Å². The first kappa shape index (κ1) is 11.4. The van der Waals surface area contributed by atoms with E-state index in [-0.39, 0.29) is 22.9 Å². The maximum absolute atomic E-state index is 13.0. The molecule has 0 radical (unpaired) electrons. The van der Waals surface area contributed by atoms with Crippen molar-refractivity contribution in [3.63, 3.8) is 0 Å². The molecule has 5 heteroatoms. The minimum Gasteiger partial charge on any atom is -0.453 e. The van der Waals surface area contributed by atoms with Crippen LogP contribution in [0.15, 0.2) is 28.7 Å². The molecule has 1 aromatic heterocycles. The van der Waals surface area contributed by atoms with Gasteiger partial charge in [-0.3, -0.25) is 4.79 Å². The number of furan rings is 1. The van der Waals surface area contributed by atoms with Crippen LogP contribution >= 0.6 is 0 Å². The summed E-state index contributed by atoms with van der Waals surface area (Å²) in [5.41, 5.74) is 0.0360. The van der Waals surface area contributed by atoms with Crippen LogP contribution in [0.5, 0.6) is 0 Å². The molecule has 2 rings (SSSR count). The maximum atomic E-state index is 13.0. The fourth-order valence-corrected chi connectivity index (χ4v) is 1.38. The van der Waals surface area contributed by atoms with Crippen LogP contribution in [0.4, 0.5) is 13.2 Å². The lowest BCUT2D eigenvalue weighted by Gasteiger charge is -2.00. The first-order valence-electron chi connectivity index (χ1n) is 4.74. The lowest BCUT2D eigenvalue weighted by atomic mass is 10.1. The predicted octanol–water partition coefficient (Wildman–Crippen LogP) is 3.57. The van der Waals surface area contributed by atoms with Crippen LogP contribution in [0.1, 0.15) is 17.5 Å². The molecule has 17 heavy (non-hydrogen) atoms. The van der Waals surface area contributed by atoms with E-state index in [2.05, 4.69) is 0 Å². The van der Waals surface area contributed by atoms with Gasteiger partial charge in [0.2, 0.25) is 0 Å². The molecule has 0 fully saturated rings. The molecule has 0 saturated carbocycles. The van der Waals surface area contributed by atoms with E-state index in [4.69, 9.17) is 4.42 Å². The van der Waals surface area contributed by atoms with Crippen molar-refractivity contribution in [3.8, 4) is 11.3 Å². The average Bonchev–Trinajstić information content (AvgIpc) is 2.74. The Morgan fingerprint density at radius 3 is 2.18 bits per heavy atom. The molecule has 2 nitrogen and oxygen atoms in total. The summed E-state index contributed by atoms with van der Waals surface area (Å²) in [5, 5.41) is 0. The van der Waals surface area contributed by atoms with Crippen LogP contribution in [-0.2, 0) is 0 Å². The molecule has 0 amide bonds. The van der Waals surface area contributed by atoms with Gasteiger partial charge in [-0.05, 0) is 24.3 Å². The van der Waals surface area contributed by atoms with E-state index < -0.39 is 17.5 Å². The van der Waals surface area contributed by atoms with E-state index in [9.17, 15) is 18.0 Å². The highest BCUT2D eigenvalue weighted by atomic mass is 19.2. The quantitative estimate of drug-likeness (QED) is 0.593. The number of carbonyl (C=O) groups excluding carboxylic acids is 1. The van der Waals surface area contributed by atoms with Crippen molar-refractivity contribution < 1.29 is 22.4 Å². The first-order chi connectivity index (χ1) is 7.99. The van der Waals surface area contributed by atoms with Gasteiger partial charge in [0, 0.05) is 12.5 Å². The highest BCUT2D eigenvalue weighted by Gasteiger charge is 2.14. The lowest BCUT2D eigenvalue weighted by molar-refractivity contribution is 0.0988.